The maximum Gasteiger partial charge on any atom is 0.109 e. The lowest BCUT2D eigenvalue weighted by Crippen LogP contribution is -2.18. The molecule has 4 heteroatoms. The fraction of sp³-hybridized carbons (Fsp3) is 0.400. The van der Waals surface area contributed by atoms with Gasteiger partial charge in [0.15, 0.2) is 0 Å². The first-order valence-corrected chi connectivity index (χ1v) is 7.44. The largest absolute Gasteiger partial charge is 0.398 e. The molecule has 1 unspecified atom stereocenters. The summed E-state index contributed by atoms with van der Waals surface area (Å²) >= 11 is 1.78. The summed E-state index contributed by atoms with van der Waals surface area (Å²) in [6.07, 6.45) is 3.02. The van der Waals surface area contributed by atoms with Gasteiger partial charge in [-0.05, 0) is 31.9 Å². The molecule has 0 aliphatic rings. The zero-order valence-electron chi connectivity index (χ0n) is 11.7. The van der Waals surface area contributed by atoms with Gasteiger partial charge in [-0.2, -0.15) is 0 Å². The normalized spacial score (nSPS) is 12.6. The highest BCUT2D eigenvalue weighted by molar-refractivity contribution is 7.11. The molecule has 0 aliphatic carbocycles. The van der Waals surface area contributed by atoms with Crippen LogP contribution in [0.1, 0.15) is 40.9 Å². The van der Waals surface area contributed by atoms with Crippen molar-refractivity contribution in [2.45, 2.75) is 39.8 Å². The van der Waals surface area contributed by atoms with Crippen molar-refractivity contribution >= 4 is 17.0 Å². The summed E-state index contributed by atoms with van der Waals surface area (Å²) in [4.78, 5) is 5.80. The van der Waals surface area contributed by atoms with Crippen LogP contribution in [0.5, 0.6) is 0 Å². The van der Waals surface area contributed by atoms with Gasteiger partial charge < -0.3 is 11.1 Å². The molecular formula is C15H21N3S. The molecule has 0 amide bonds. The fourth-order valence-corrected chi connectivity index (χ4v) is 2.81. The second kappa shape index (κ2) is 6.17. The molecule has 0 saturated carbocycles. The lowest BCUT2D eigenvalue weighted by molar-refractivity contribution is 0.572. The van der Waals surface area contributed by atoms with E-state index in [-0.39, 0.29) is 6.04 Å². The van der Waals surface area contributed by atoms with Crippen LogP contribution < -0.4 is 11.1 Å². The number of anilines is 1. The van der Waals surface area contributed by atoms with Crippen molar-refractivity contribution in [3.8, 4) is 0 Å². The molecule has 0 fully saturated rings. The summed E-state index contributed by atoms with van der Waals surface area (Å²) in [5.41, 5.74) is 9.22. The quantitative estimate of drug-likeness (QED) is 0.822. The van der Waals surface area contributed by atoms with E-state index in [1.165, 1.54) is 10.4 Å². The third-order valence-corrected chi connectivity index (χ3v) is 4.51. The number of nitrogens with two attached hydrogens (primary N) is 1. The van der Waals surface area contributed by atoms with Gasteiger partial charge in [0.05, 0.1) is 6.04 Å². The van der Waals surface area contributed by atoms with Crippen LogP contribution in [0.4, 0.5) is 5.69 Å². The van der Waals surface area contributed by atoms with Crippen LogP contribution in [-0.2, 0) is 13.0 Å². The highest BCUT2D eigenvalue weighted by atomic mass is 32.1. The van der Waals surface area contributed by atoms with E-state index in [9.17, 15) is 0 Å². The summed E-state index contributed by atoms with van der Waals surface area (Å²) in [5.74, 6) is 0. The van der Waals surface area contributed by atoms with E-state index >= 15 is 0 Å². The van der Waals surface area contributed by atoms with E-state index < -0.39 is 0 Å². The Labute approximate surface area is 118 Å². The summed E-state index contributed by atoms with van der Waals surface area (Å²) in [6.45, 7) is 7.16. The van der Waals surface area contributed by atoms with Crippen molar-refractivity contribution in [2.75, 3.05) is 5.73 Å². The minimum absolute atomic E-state index is 0.255. The second-order valence-electron chi connectivity index (χ2n) is 4.82. The van der Waals surface area contributed by atoms with Crippen LogP contribution >= 0.6 is 11.3 Å². The molecule has 1 aromatic heterocycles. The molecule has 1 aromatic carbocycles. The summed E-state index contributed by atoms with van der Waals surface area (Å²) in [7, 11) is 0. The van der Waals surface area contributed by atoms with Gasteiger partial charge in [0.25, 0.3) is 0 Å². The number of hydrogen-bond donors (Lipinski definition) is 2. The maximum atomic E-state index is 5.99. The molecule has 3 nitrogen and oxygen atoms in total. The molecule has 0 saturated heterocycles. The predicted molar refractivity (Wildman–Crippen MR) is 82.3 cm³/mol. The first kappa shape index (κ1) is 14.0. The monoisotopic (exact) mass is 275 g/mol. The van der Waals surface area contributed by atoms with Crippen molar-refractivity contribution in [3.05, 3.63) is 45.4 Å². The Hall–Kier alpha value is -1.39. The van der Waals surface area contributed by atoms with E-state index in [0.29, 0.717) is 0 Å². The van der Waals surface area contributed by atoms with Crippen LogP contribution in [-0.4, -0.2) is 4.98 Å². The van der Waals surface area contributed by atoms with Crippen molar-refractivity contribution in [2.24, 2.45) is 0 Å². The Bertz CT molecular complexity index is 548. The molecule has 1 heterocycles. The van der Waals surface area contributed by atoms with Crippen molar-refractivity contribution < 1.29 is 0 Å². The number of hydrogen-bond acceptors (Lipinski definition) is 4. The van der Waals surface area contributed by atoms with Gasteiger partial charge in [0.2, 0.25) is 0 Å². The van der Waals surface area contributed by atoms with E-state index in [1.54, 1.807) is 11.3 Å². The zero-order valence-corrected chi connectivity index (χ0v) is 12.6. The minimum Gasteiger partial charge on any atom is -0.398 e. The molecule has 2 rings (SSSR count). The summed E-state index contributed by atoms with van der Waals surface area (Å²) < 4.78 is 0. The molecule has 2 aromatic rings. The van der Waals surface area contributed by atoms with Gasteiger partial charge in [-0.25, -0.2) is 4.98 Å². The molecule has 0 bridgehead atoms. The average Bonchev–Trinajstić information content (AvgIpc) is 2.88. The smallest absolute Gasteiger partial charge is 0.109 e. The van der Waals surface area contributed by atoms with Gasteiger partial charge in [-0.1, -0.05) is 24.6 Å². The highest BCUT2D eigenvalue weighted by Crippen LogP contribution is 2.21. The molecule has 0 aliphatic heterocycles. The topological polar surface area (TPSA) is 50.9 Å². The maximum absolute atomic E-state index is 5.99. The predicted octanol–water partition coefficient (Wildman–Crippen LogP) is 3.45. The number of nitrogens with one attached hydrogen (secondary N) is 1. The zero-order chi connectivity index (χ0) is 13.8. The molecule has 0 spiro atoms. The molecule has 3 N–H and O–H groups in total. The molecule has 19 heavy (non-hydrogen) atoms. The van der Waals surface area contributed by atoms with Crippen LogP contribution in [0.15, 0.2) is 24.4 Å². The first-order chi connectivity index (χ1) is 9.10. The van der Waals surface area contributed by atoms with Crippen molar-refractivity contribution in [1.29, 1.82) is 0 Å². The number of rotatable bonds is 5. The Morgan fingerprint density at radius 2 is 2.21 bits per heavy atom. The molecule has 0 radical (unpaired) electrons. The Kier molecular flexibility index (Phi) is 4.56. The van der Waals surface area contributed by atoms with Gasteiger partial charge in [0, 0.05) is 23.3 Å². The van der Waals surface area contributed by atoms with E-state index in [2.05, 4.69) is 37.1 Å². The first-order valence-electron chi connectivity index (χ1n) is 6.63. The standard InChI is InChI=1S/C15H21N3S/c1-4-13-9-18-15(19-13)11(3)17-8-12-7-10(2)5-6-14(12)16/h5-7,9,11,17H,4,8,16H2,1-3H3. The van der Waals surface area contributed by atoms with Crippen LogP contribution in [0.25, 0.3) is 0 Å². The summed E-state index contributed by atoms with van der Waals surface area (Å²) in [6, 6.07) is 6.39. The number of aromatic nitrogens is 1. The van der Waals surface area contributed by atoms with Crippen LogP contribution in [0, 0.1) is 6.92 Å². The number of thiazole rings is 1. The van der Waals surface area contributed by atoms with E-state index in [1.807, 2.05) is 18.3 Å². The van der Waals surface area contributed by atoms with Crippen molar-refractivity contribution in [3.63, 3.8) is 0 Å². The van der Waals surface area contributed by atoms with Crippen LogP contribution in [0.2, 0.25) is 0 Å². The average molecular weight is 275 g/mol. The Morgan fingerprint density at radius 1 is 1.42 bits per heavy atom. The number of aryl methyl sites for hydroxylation is 2. The number of benzene rings is 1. The number of nitrogen functional groups attached to an aromatic ring is 1. The SMILES string of the molecule is CCc1cnc(C(C)NCc2cc(C)ccc2N)s1. The van der Waals surface area contributed by atoms with E-state index in [0.717, 1.165) is 29.2 Å². The van der Waals surface area contributed by atoms with Crippen LogP contribution in [0.3, 0.4) is 0 Å². The van der Waals surface area contributed by atoms with E-state index in [4.69, 9.17) is 5.73 Å². The molecule has 1 atom stereocenters. The van der Waals surface area contributed by atoms with Crippen molar-refractivity contribution in [1.82, 2.24) is 10.3 Å². The van der Waals surface area contributed by atoms with Gasteiger partial charge in [0.1, 0.15) is 5.01 Å². The summed E-state index contributed by atoms with van der Waals surface area (Å²) in [5, 5.41) is 4.63. The third-order valence-electron chi connectivity index (χ3n) is 3.19. The van der Waals surface area contributed by atoms with Gasteiger partial charge in [-0.15, -0.1) is 11.3 Å². The second-order valence-corrected chi connectivity index (χ2v) is 5.97. The molecular weight excluding hydrogens is 254 g/mol. The third kappa shape index (κ3) is 3.55. The minimum atomic E-state index is 0.255. The Morgan fingerprint density at radius 3 is 2.89 bits per heavy atom. The lowest BCUT2D eigenvalue weighted by Gasteiger charge is -2.13. The number of nitrogens with zero attached hydrogens (tertiary/aromatic N) is 1. The lowest BCUT2D eigenvalue weighted by atomic mass is 10.1. The molecule has 102 valence electrons. The van der Waals surface area contributed by atoms with Gasteiger partial charge >= 0.3 is 0 Å². The highest BCUT2D eigenvalue weighted by Gasteiger charge is 2.10. The van der Waals surface area contributed by atoms with Gasteiger partial charge in [-0.3, -0.25) is 0 Å². The Balaban J connectivity index is 1.99. The fourth-order valence-electron chi connectivity index (χ4n) is 1.92.